The number of hydrogen-bond donors (Lipinski definition) is 0. The van der Waals surface area contributed by atoms with E-state index in [1.807, 2.05) is 24.3 Å². The lowest BCUT2D eigenvalue weighted by molar-refractivity contribution is 0.438. The van der Waals surface area contributed by atoms with Crippen LogP contribution in [0.2, 0.25) is 0 Å². The van der Waals surface area contributed by atoms with Crippen molar-refractivity contribution in [3.05, 3.63) is 45.3 Å². The second-order valence-electron chi connectivity index (χ2n) is 3.61. The molecule has 80 valence electrons. The molecule has 0 saturated carbocycles. The predicted molar refractivity (Wildman–Crippen MR) is 56.8 cm³/mol. The van der Waals surface area contributed by atoms with Crippen LogP contribution in [0.15, 0.2) is 33.9 Å². The SMILES string of the molecule is Cn1c(=O)n(C)n([C@H]2C=CC=CC2)c1=O. The van der Waals surface area contributed by atoms with Crippen molar-refractivity contribution < 1.29 is 0 Å². The van der Waals surface area contributed by atoms with Gasteiger partial charge >= 0.3 is 11.4 Å². The molecule has 0 spiro atoms. The van der Waals surface area contributed by atoms with Crippen molar-refractivity contribution in [2.45, 2.75) is 12.5 Å². The van der Waals surface area contributed by atoms with Crippen molar-refractivity contribution in [2.75, 3.05) is 0 Å². The molecule has 1 aromatic rings. The third-order valence-electron chi connectivity index (χ3n) is 2.64. The van der Waals surface area contributed by atoms with Crippen LogP contribution in [0.3, 0.4) is 0 Å². The zero-order chi connectivity index (χ0) is 11.0. The van der Waals surface area contributed by atoms with Crippen molar-refractivity contribution in [1.82, 2.24) is 13.9 Å². The highest BCUT2D eigenvalue weighted by atomic mass is 16.2. The van der Waals surface area contributed by atoms with Crippen molar-refractivity contribution in [1.29, 1.82) is 0 Å². The van der Waals surface area contributed by atoms with Crippen LogP contribution in [-0.2, 0) is 14.1 Å². The Morgan fingerprint density at radius 3 is 2.40 bits per heavy atom. The first-order valence-electron chi connectivity index (χ1n) is 4.81. The zero-order valence-corrected chi connectivity index (χ0v) is 8.75. The van der Waals surface area contributed by atoms with Gasteiger partial charge in [-0.2, -0.15) is 0 Å². The van der Waals surface area contributed by atoms with Gasteiger partial charge in [-0.05, 0) is 6.42 Å². The van der Waals surface area contributed by atoms with E-state index in [0.717, 1.165) is 11.0 Å². The van der Waals surface area contributed by atoms with Gasteiger partial charge in [-0.25, -0.2) is 23.5 Å². The van der Waals surface area contributed by atoms with E-state index in [2.05, 4.69) is 0 Å². The lowest BCUT2D eigenvalue weighted by Gasteiger charge is -2.15. The van der Waals surface area contributed by atoms with Gasteiger partial charge < -0.3 is 0 Å². The van der Waals surface area contributed by atoms with Crippen LogP contribution in [0, 0.1) is 0 Å². The Bertz CT molecular complexity index is 542. The zero-order valence-electron chi connectivity index (χ0n) is 8.75. The van der Waals surface area contributed by atoms with Crippen LogP contribution in [0.4, 0.5) is 0 Å². The van der Waals surface area contributed by atoms with Crippen LogP contribution >= 0.6 is 0 Å². The Kier molecular flexibility index (Phi) is 2.22. The molecule has 1 heterocycles. The molecule has 0 amide bonds. The summed E-state index contributed by atoms with van der Waals surface area (Å²) in [4.78, 5) is 23.3. The number of aromatic nitrogens is 3. The monoisotopic (exact) mass is 207 g/mol. The van der Waals surface area contributed by atoms with E-state index in [4.69, 9.17) is 0 Å². The van der Waals surface area contributed by atoms with Gasteiger partial charge in [-0.1, -0.05) is 24.3 Å². The van der Waals surface area contributed by atoms with Gasteiger partial charge in [0.25, 0.3) is 0 Å². The fourth-order valence-electron chi connectivity index (χ4n) is 1.79. The summed E-state index contributed by atoms with van der Waals surface area (Å²) in [5.74, 6) is 0. The molecule has 0 unspecified atom stereocenters. The first kappa shape index (κ1) is 9.76. The highest BCUT2D eigenvalue weighted by Gasteiger charge is 2.16. The fraction of sp³-hybridized carbons (Fsp3) is 0.400. The lowest BCUT2D eigenvalue weighted by atomic mass is 10.1. The van der Waals surface area contributed by atoms with Crippen molar-refractivity contribution >= 4 is 0 Å². The van der Waals surface area contributed by atoms with Crippen LogP contribution in [-0.4, -0.2) is 13.9 Å². The van der Waals surface area contributed by atoms with E-state index >= 15 is 0 Å². The maximum Gasteiger partial charge on any atom is 0.347 e. The summed E-state index contributed by atoms with van der Waals surface area (Å²) in [6, 6.07) is -0.0543. The van der Waals surface area contributed by atoms with E-state index in [-0.39, 0.29) is 17.4 Å². The molecule has 0 bridgehead atoms. The van der Waals surface area contributed by atoms with Gasteiger partial charge in [0, 0.05) is 14.1 Å². The number of allylic oxidation sites excluding steroid dienone is 4. The molecule has 0 radical (unpaired) electrons. The van der Waals surface area contributed by atoms with E-state index in [9.17, 15) is 9.59 Å². The number of nitrogens with zero attached hydrogens (tertiary/aromatic N) is 3. The molecule has 1 aliphatic carbocycles. The van der Waals surface area contributed by atoms with Crippen molar-refractivity contribution in [2.24, 2.45) is 14.1 Å². The van der Waals surface area contributed by atoms with E-state index in [1.54, 1.807) is 7.05 Å². The third-order valence-corrected chi connectivity index (χ3v) is 2.64. The summed E-state index contributed by atoms with van der Waals surface area (Å²) in [6.45, 7) is 0. The Hall–Kier alpha value is -1.78. The summed E-state index contributed by atoms with van der Waals surface area (Å²) in [5, 5.41) is 0. The maximum absolute atomic E-state index is 11.8. The molecule has 1 aliphatic rings. The predicted octanol–water partition coefficient (Wildman–Crippen LogP) is -0.0573. The molecule has 15 heavy (non-hydrogen) atoms. The second-order valence-corrected chi connectivity index (χ2v) is 3.61. The summed E-state index contributed by atoms with van der Waals surface area (Å²) >= 11 is 0. The van der Waals surface area contributed by atoms with E-state index in [0.29, 0.717) is 0 Å². The highest BCUT2D eigenvalue weighted by molar-refractivity contribution is 5.12. The molecule has 5 heteroatoms. The average molecular weight is 207 g/mol. The van der Waals surface area contributed by atoms with E-state index in [1.165, 1.54) is 16.4 Å². The van der Waals surface area contributed by atoms with Gasteiger partial charge in [0.15, 0.2) is 0 Å². The summed E-state index contributed by atoms with van der Waals surface area (Å²) in [7, 11) is 3.10. The number of rotatable bonds is 1. The van der Waals surface area contributed by atoms with Gasteiger partial charge in [-0.15, -0.1) is 0 Å². The van der Waals surface area contributed by atoms with Gasteiger partial charge in [0.2, 0.25) is 0 Å². The van der Waals surface area contributed by atoms with E-state index < -0.39 is 0 Å². The van der Waals surface area contributed by atoms with Crippen LogP contribution < -0.4 is 11.4 Å². The van der Waals surface area contributed by atoms with Crippen molar-refractivity contribution in [3.8, 4) is 0 Å². The average Bonchev–Trinajstić information content (AvgIpc) is 2.45. The largest absolute Gasteiger partial charge is 0.347 e. The fourth-order valence-corrected chi connectivity index (χ4v) is 1.79. The Morgan fingerprint density at radius 2 is 1.93 bits per heavy atom. The maximum atomic E-state index is 11.8. The molecule has 0 fully saturated rings. The Balaban J connectivity index is 2.58. The summed E-state index contributed by atoms with van der Waals surface area (Å²) in [5.41, 5.74) is -0.560. The van der Waals surface area contributed by atoms with Gasteiger partial charge in [0.05, 0.1) is 6.04 Å². The summed E-state index contributed by atoms with van der Waals surface area (Å²) in [6.07, 6.45) is 8.46. The normalized spacial score (nSPS) is 19.7. The molecule has 2 rings (SSSR count). The van der Waals surface area contributed by atoms with Crippen molar-refractivity contribution in [3.63, 3.8) is 0 Å². The first-order chi connectivity index (χ1) is 7.13. The Morgan fingerprint density at radius 1 is 1.20 bits per heavy atom. The quantitative estimate of drug-likeness (QED) is 0.648. The topological polar surface area (TPSA) is 48.9 Å². The second kappa shape index (κ2) is 3.42. The molecule has 1 aromatic heterocycles. The molecule has 0 saturated heterocycles. The lowest BCUT2D eigenvalue weighted by Crippen LogP contribution is -2.29. The molecular formula is C10H13N3O2. The molecular weight excluding hydrogens is 194 g/mol. The van der Waals surface area contributed by atoms with Crippen LogP contribution in [0.1, 0.15) is 12.5 Å². The molecule has 0 aliphatic heterocycles. The minimum absolute atomic E-state index is 0.0543. The first-order valence-corrected chi connectivity index (χ1v) is 4.81. The molecule has 0 N–H and O–H groups in total. The molecule has 1 atom stereocenters. The third kappa shape index (κ3) is 1.40. The van der Waals surface area contributed by atoms with Crippen LogP contribution in [0.25, 0.3) is 0 Å². The minimum Gasteiger partial charge on any atom is -0.246 e. The molecule has 5 nitrogen and oxygen atoms in total. The summed E-state index contributed by atoms with van der Waals surface area (Å²) < 4.78 is 3.95. The minimum atomic E-state index is -0.289. The number of hydrogen-bond acceptors (Lipinski definition) is 2. The molecule has 0 aromatic carbocycles. The highest BCUT2D eigenvalue weighted by Crippen LogP contribution is 2.14. The smallest absolute Gasteiger partial charge is 0.246 e. The Labute approximate surface area is 86.5 Å². The van der Waals surface area contributed by atoms with Crippen LogP contribution in [0.5, 0.6) is 0 Å². The van der Waals surface area contributed by atoms with Gasteiger partial charge in [-0.3, -0.25) is 0 Å². The van der Waals surface area contributed by atoms with Gasteiger partial charge in [0.1, 0.15) is 0 Å². The standard InChI is InChI=1S/C10H13N3O2/c1-11-9(14)12(2)13(10(11)15)8-6-4-3-5-7-8/h3-6,8H,7H2,1-2H3/t8-/m0/s1.